The Kier molecular flexibility index (Phi) is 7.22. The van der Waals surface area contributed by atoms with Crippen molar-refractivity contribution in [3.63, 3.8) is 0 Å². The number of carbonyl (C=O) groups excluding carboxylic acids is 1. The van der Waals surface area contributed by atoms with E-state index in [9.17, 15) is 9.59 Å². The minimum Gasteiger partial charge on any atom is -0.497 e. The summed E-state index contributed by atoms with van der Waals surface area (Å²) in [7, 11) is 1.57. The van der Waals surface area contributed by atoms with Gasteiger partial charge in [0.05, 0.1) is 29.7 Å². The normalized spacial score (nSPS) is 11.9. The first kappa shape index (κ1) is 24.5. The summed E-state index contributed by atoms with van der Waals surface area (Å²) in [5.74, 6) is 0.946. The van der Waals surface area contributed by atoms with Gasteiger partial charge in [-0.25, -0.2) is 4.98 Å². The second-order valence-corrected chi connectivity index (χ2v) is 8.90. The number of rotatable bonds is 7. The summed E-state index contributed by atoms with van der Waals surface area (Å²) in [6.07, 6.45) is 0.748. The van der Waals surface area contributed by atoms with Gasteiger partial charge in [-0.05, 0) is 74.4 Å². The predicted octanol–water partition coefficient (Wildman–Crippen LogP) is 5.97. The number of aryl methyl sites for hydroxylation is 1. The summed E-state index contributed by atoms with van der Waals surface area (Å²) in [6, 6.07) is 19.3. The number of fused-ring (bicyclic) bond motifs is 1. The number of carbonyl (C=O) groups is 1. The third-order valence-electron chi connectivity index (χ3n) is 6.08. The molecule has 3 aromatic carbocycles. The van der Waals surface area contributed by atoms with Crippen LogP contribution in [0.2, 0.25) is 5.02 Å². The van der Waals surface area contributed by atoms with E-state index < -0.39 is 6.04 Å². The average molecular weight is 490 g/mol. The predicted molar refractivity (Wildman–Crippen MR) is 140 cm³/mol. The number of hydrogen-bond donors (Lipinski definition) is 0. The minimum absolute atomic E-state index is 0.153. The van der Waals surface area contributed by atoms with E-state index in [4.69, 9.17) is 21.3 Å². The van der Waals surface area contributed by atoms with Gasteiger partial charge in [-0.1, -0.05) is 36.7 Å². The van der Waals surface area contributed by atoms with Crippen LogP contribution in [0.1, 0.15) is 48.1 Å². The van der Waals surface area contributed by atoms with Crippen molar-refractivity contribution < 1.29 is 9.53 Å². The summed E-state index contributed by atoms with van der Waals surface area (Å²) >= 11 is 6.20. The molecule has 0 aliphatic rings. The molecule has 180 valence electrons. The Bertz CT molecular complexity index is 1450. The van der Waals surface area contributed by atoms with Crippen molar-refractivity contribution in [2.24, 2.45) is 0 Å². The second-order valence-electron chi connectivity index (χ2n) is 8.46. The van der Waals surface area contributed by atoms with Gasteiger partial charge in [0.2, 0.25) is 0 Å². The highest BCUT2D eigenvalue weighted by Crippen LogP contribution is 2.27. The second kappa shape index (κ2) is 10.3. The number of benzene rings is 3. The quantitative estimate of drug-likeness (QED) is 0.321. The van der Waals surface area contributed by atoms with Crippen LogP contribution in [0.3, 0.4) is 0 Å². The van der Waals surface area contributed by atoms with Gasteiger partial charge in [-0.3, -0.25) is 14.2 Å². The number of methoxy groups -OCH3 is 1. The zero-order valence-corrected chi connectivity index (χ0v) is 21.0. The van der Waals surface area contributed by atoms with Crippen LogP contribution in [-0.2, 0) is 0 Å². The van der Waals surface area contributed by atoms with Crippen LogP contribution < -0.4 is 10.3 Å². The number of amides is 1. The van der Waals surface area contributed by atoms with Crippen molar-refractivity contribution >= 4 is 28.4 Å². The molecular formula is C28H28ClN3O3. The molecule has 0 saturated carbocycles. The van der Waals surface area contributed by atoms with Crippen LogP contribution in [0.4, 0.5) is 0 Å². The highest BCUT2D eigenvalue weighted by molar-refractivity contribution is 6.30. The SMILES string of the molecule is CCCN(C(=O)c1cccc(OC)c1)C(C)c1nc2ccccc2c(=O)n1-c1ccc(Cl)cc1C. The van der Waals surface area contributed by atoms with Gasteiger partial charge in [-0.15, -0.1) is 0 Å². The van der Waals surface area contributed by atoms with Gasteiger partial charge in [0.1, 0.15) is 11.6 Å². The van der Waals surface area contributed by atoms with Crippen molar-refractivity contribution in [3.8, 4) is 11.4 Å². The summed E-state index contributed by atoms with van der Waals surface area (Å²) in [6.45, 7) is 6.33. The molecule has 0 fully saturated rings. The maximum atomic E-state index is 13.8. The molecule has 0 radical (unpaired) electrons. The topological polar surface area (TPSA) is 64.4 Å². The van der Waals surface area contributed by atoms with Gasteiger partial charge in [-0.2, -0.15) is 0 Å². The van der Waals surface area contributed by atoms with Gasteiger partial charge in [0, 0.05) is 17.1 Å². The number of aromatic nitrogens is 2. The Morgan fingerprint density at radius 1 is 1.11 bits per heavy atom. The van der Waals surface area contributed by atoms with Crippen LogP contribution in [0.25, 0.3) is 16.6 Å². The fourth-order valence-corrected chi connectivity index (χ4v) is 4.53. The number of nitrogens with zero attached hydrogens (tertiary/aromatic N) is 3. The van der Waals surface area contributed by atoms with Crippen LogP contribution in [0.15, 0.2) is 71.5 Å². The lowest BCUT2D eigenvalue weighted by molar-refractivity contribution is 0.0681. The molecule has 1 amide bonds. The number of hydrogen-bond acceptors (Lipinski definition) is 4. The van der Waals surface area contributed by atoms with E-state index in [2.05, 4.69) is 0 Å². The minimum atomic E-state index is -0.485. The molecule has 7 heteroatoms. The molecule has 35 heavy (non-hydrogen) atoms. The first-order chi connectivity index (χ1) is 16.8. The molecule has 0 aliphatic carbocycles. The van der Waals surface area contributed by atoms with E-state index in [0.717, 1.165) is 12.0 Å². The molecular weight excluding hydrogens is 462 g/mol. The smallest absolute Gasteiger partial charge is 0.266 e. The Balaban J connectivity index is 1.92. The molecule has 0 saturated heterocycles. The molecule has 1 unspecified atom stereocenters. The summed E-state index contributed by atoms with van der Waals surface area (Å²) in [5.41, 5.74) is 2.44. The van der Waals surface area contributed by atoms with Crippen LogP contribution in [-0.4, -0.2) is 34.0 Å². The lowest BCUT2D eigenvalue weighted by Gasteiger charge is -2.30. The lowest BCUT2D eigenvalue weighted by atomic mass is 10.1. The van der Waals surface area contributed by atoms with Gasteiger partial charge in [0.15, 0.2) is 0 Å². The summed E-state index contributed by atoms with van der Waals surface area (Å²) < 4.78 is 6.93. The highest BCUT2D eigenvalue weighted by Gasteiger charge is 2.27. The Morgan fingerprint density at radius 3 is 2.60 bits per heavy atom. The van der Waals surface area contributed by atoms with E-state index >= 15 is 0 Å². The van der Waals surface area contributed by atoms with Crippen molar-refractivity contribution in [1.82, 2.24) is 14.5 Å². The van der Waals surface area contributed by atoms with Crippen molar-refractivity contribution in [1.29, 1.82) is 0 Å². The first-order valence-corrected chi connectivity index (χ1v) is 12.0. The summed E-state index contributed by atoms with van der Waals surface area (Å²) in [4.78, 5) is 34.1. The van der Waals surface area contributed by atoms with E-state index in [1.54, 1.807) is 53.0 Å². The molecule has 6 nitrogen and oxygen atoms in total. The Morgan fingerprint density at radius 2 is 1.89 bits per heavy atom. The van der Waals surface area contributed by atoms with Crippen LogP contribution in [0, 0.1) is 6.92 Å². The molecule has 1 aromatic heterocycles. The zero-order valence-electron chi connectivity index (χ0n) is 20.3. The van der Waals surface area contributed by atoms with E-state index in [0.29, 0.717) is 45.3 Å². The van der Waals surface area contributed by atoms with E-state index in [1.807, 2.05) is 51.1 Å². The molecule has 4 aromatic rings. The van der Waals surface area contributed by atoms with Gasteiger partial charge >= 0.3 is 0 Å². The molecule has 0 bridgehead atoms. The molecule has 1 heterocycles. The van der Waals surface area contributed by atoms with E-state index in [1.165, 1.54) is 0 Å². The van der Waals surface area contributed by atoms with E-state index in [-0.39, 0.29) is 11.5 Å². The summed E-state index contributed by atoms with van der Waals surface area (Å²) in [5, 5.41) is 1.10. The standard InChI is InChI=1S/C28H28ClN3O3/c1-5-15-31(27(33)20-9-8-10-22(17-20)35-4)19(3)26-30-24-12-7-6-11-23(24)28(34)32(26)25-14-13-21(29)16-18(25)2/h6-14,16-17,19H,5,15H2,1-4H3. The first-order valence-electron chi connectivity index (χ1n) is 11.6. The fourth-order valence-electron chi connectivity index (χ4n) is 4.31. The Hall–Kier alpha value is -3.64. The molecule has 4 rings (SSSR count). The monoisotopic (exact) mass is 489 g/mol. The zero-order chi connectivity index (χ0) is 25.1. The van der Waals surface area contributed by atoms with Crippen molar-refractivity contribution in [2.45, 2.75) is 33.2 Å². The molecule has 0 N–H and O–H groups in total. The van der Waals surface area contributed by atoms with Gasteiger partial charge < -0.3 is 9.64 Å². The molecule has 0 aliphatic heterocycles. The molecule has 1 atom stereocenters. The maximum Gasteiger partial charge on any atom is 0.266 e. The fraction of sp³-hybridized carbons (Fsp3) is 0.250. The van der Waals surface area contributed by atoms with Crippen molar-refractivity contribution in [3.05, 3.63) is 99.1 Å². The largest absolute Gasteiger partial charge is 0.497 e. The lowest BCUT2D eigenvalue weighted by Crippen LogP contribution is -2.38. The number of halogens is 1. The highest BCUT2D eigenvalue weighted by atomic mass is 35.5. The third kappa shape index (κ3) is 4.80. The Labute approximate surface area is 209 Å². The molecule has 0 spiro atoms. The van der Waals surface area contributed by atoms with Crippen molar-refractivity contribution in [2.75, 3.05) is 13.7 Å². The number of para-hydroxylation sites is 1. The number of ether oxygens (including phenoxy) is 1. The van der Waals surface area contributed by atoms with Crippen LogP contribution >= 0.6 is 11.6 Å². The van der Waals surface area contributed by atoms with Gasteiger partial charge in [0.25, 0.3) is 11.5 Å². The third-order valence-corrected chi connectivity index (χ3v) is 6.32. The average Bonchev–Trinajstić information content (AvgIpc) is 2.87. The van der Waals surface area contributed by atoms with Crippen LogP contribution in [0.5, 0.6) is 5.75 Å². The maximum absolute atomic E-state index is 13.8.